The van der Waals surface area contributed by atoms with Gasteiger partial charge in [0.2, 0.25) is 0 Å². The van der Waals surface area contributed by atoms with Crippen molar-refractivity contribution in [3.05, 3.63) is 62.8 Å². The number of aromatic nitrogens is 2. The second-order valence-electron chi connectivity index (χ2n) is 6.90. The van der Waals surface area contributed by atoms with Gasteiger partial charge >= 0.3 is 0 Å². The highest BCUT2D eigenvalue weighted by Gasteiger charge is 2.23. The highest BCUT2D eigenvalue weighted by molar-refractivity contribution is 5.29. The van der Waals surface area contributed by atoms with E-state index in [4.69, 9.17) is 16.1 Å². The van der Waals surface area contributed by atoms with Crippen LogP contribution in [0, 0.1) is 19.3 Å². The van der Waals surface area contributed by atoms with E-state index >= 15 is 0 Å². The summed E-state index contributed by atoms with van der Waals surface area (Å²) in [5.74, 6) is 3.07. The van der Waals surface area contributed by atoms with Crippen molar-refractivity contribution in [2.75, 3.05) is 26.3 Å². The van der Waals surface area contributed by atoms with Crippen LogP contribution >= 0.6 is 0 Å². The van der Waals surface area contributed by atoms with Crippen LogP contribution in [-0.2, 0) is 24.1 Å². The third-order valence-corrected chi connectivity index (χ3v) is 4.78. The van der Waals surface area contributed by atoms with E-state index in [0.29, 0.717) is 37.3 Å². The van der Waals surface area contributed by atoms with Crippen LogP contribution in [0.15, 0.2) is 29.1 Å². The molecule has 1 aliphatic heterocycles. The fraction of sp³-hybridized carbons (Fsp3) is 0.429. The number of aromatic amines is 1. The highest BCUT2D eigenvalue weighted by Crippen LogP contribution is 2.16. The lowest BCUT2D eigenvalue weighted by atomic mass is 10.0. The Bertz CT molecular complexity index is 885. The molecule has 1 aromatic carbocycles. The number of aryl methyl sites for hydroxylation is 1. The van der Waals surface area contributed by atoms with Crippen molar-refractivity contribution >= 4 is 0 Å². The molecule has 1 atom stereocenters. The Balaban J connectivity index is 1.67. The number of nitrogens with zero attached hydrogens (tertiary/aromatic N) is 2. The molecule has 2 N–H and O–H groups in total. The number of nitrogens with one attached hydrogen (secondary N) is 1. The van der Waals surface area contributed by atoms with E-state index in [1.807, 2.05) is 17.0 Å². The molecule has 27 heavy (non-hydrogen) atoms. The number of rotatable bonds is 7. The number of terminal acetylenes is 1. The van der Waals surface area contributed by atoms with Crippen LogP contribution in [0.1, 0.15) is 28.2 Å². The minimum Gasteiger partial charge on any atom is -0.389 e. The van der Waals surface area contributed by atoms with Gasteiger partial charge in [-0.1, -0.05) is 30.2 Å². The monoisotopic (exact) mass is 367 g/mol. The first kappa shape index (κ1) is 19.3. The molecule has 142 valence electrons. The fourth-order valence-electron chi connectivity index (χ4n) is 3.37. The molecule has 0 radical (unpaired) electrons. The Morgan fingerprint density at radius 3 is 3.04 bits per heavy atom. The number of aliphatic hydroxyl groups is 1. The largest absolute Gasteiger partial charge is 0.389 e. The Labute approximate surface area is 159 Å². The number of β-amino-alcohol motifs (C(OH)–C–C–N with tert-alkyl or cyclic N) is 1. The Hall–Kier alpha value is -2.46. The maximum Gasteiger partial charge on any atom is 0.255 e. The maximum absolute atomic E-state index is 12.6. The zero-order valence-electron chi connectivity index (χ0n) is 15.6. The molecule has 1 unspecified atom stereocenters. The van der Waals surface area contributed by atoms with Gasteiger partial charge in [0.25, 0.3) is 5.56 Å². The van der Waals surface area contributed by atoms with Crippen LogP contribution in [-0.4, -0.2) is 52.4 Å². The number of hydrogen-bond donors (Lipinski definition) is 2. The zero-order chi connectivity index (χ0) is 19.2. The molecule has 0 saturated heterocycles. The number of aliphatic hydroxyl groups excluding tert-OH is 1. The van der Waals surface area contributed by atoms with Gasteiger partial charge in [0.15, 0.2) is 0 Å². The standard InChI is InChI=1S/C21H25N3O3/c1-3-10-27-14-17(25)12-24-9-8-19-18(13-24)21(26)23-20(22-19)11-16-7-5-4-6-15(16)2/h1,4-7,17,25H,8-14H2,2H3,(H,22,23,26). The van der Waals surface area contributed by atoms with Crippen molar-refractivity contribution < 1.29 is 9.84 Å². The smallest absolute Gasteiger partial charge is 0.255 e. The van der Waals surface area contributed by atoms with Gasteiger partial charge in [0.1, 0.15) is 12.4 Å². The second-order valence-corrected chi connectivity index (χ2v) is 6.90. The number of fused-ring (bicyclic) bond motifs is 1. The van der Waals surface area contributed by atoms with Crippen LogP contribution < -0.4 is 5.56 Å². The van der Waals surface area contributed by atoms with Gasteiger partial charge in [-0.15, -0.1) is 6.42 Å². The van der Waals surface area contributed by atoms with E-state index in [-0.39, 0.29) is 18.8 Å². The summed E-state index contributed by atoms with van der Waals surface area (Å²) in [5, 5.41) is 10.0. The summed E-state index contributed by atoms with van der Waals surface area (Å²) in [6.07, 6.45) is 5.80. The van der Waals surface area contributed by atoms with Crippen LogP contribution in [0.3, 0.4) is 0 Å². The van der Waals surface area contributed by atoms with E-state index in [0.717, 1.165) is 17.8 Å². The zero-order valence-corrected chi connectivity index (χ0v) is 15.6. The lowest BCUT2D eigenvalue weighted by Crippen LogP contribution is -2.41. The minimum absolute atomic E-state index is 0.0913. The molecule has 0 fully saturated rings. The van der Waals surface area contributed by atoms with Crippen LogP contribution in [0.2, 0.25) is 0 Å². The Kier molecular flexibility index (Phi) is 6.40. The van der Waals surface area contributed by atoms with E-state index in [1.165, 1.54) is 5.56 Å². The van der Waals surface area contributed by atoms with Gasteiger partial charge in [-0.2, -0.15) is 0 Å². The third kappa shape index (κ3) is 5.04. The Morgan fingerprint density at radius 2 is 2.26 bits per heavy atom. The number of ether oxygens (including phenoxy) is 1. The van der Waals surface area contributed by atoms with Crippen LogP contribution in [0.25, 0.3) is 0 Å². The molecule has 2 aromatic rings. The molecular weight excluding hydrogens is 342 g/mol. The number of benzene rings is 1. The molecule has 6 nitrogen and oxygen atoms in total. The quantitative estimate of drug-likeness (QED) is 0.565. The first-order valence-electron chi connectivity index (χ1n) is 9.14. The van der Waals surface area contributed by atoms with Crippen LogP contribution in [0.4, 0.5) is 0 Å². The summed E-state index contributed by atoms with van der Waals surface area (Å²) >= 11 is 0. The highest BCUT2D eigenvalue weighted by atomic mass is 16.5. The molecule has 2 heterocycles. The third-order valence-electron chi connectivity index (χ3n) is 4.78. The van der Waals surface area contributed by atoms with E-state index in [2.05, 4.69) is 30.0 Å². The van der Waals surface area contributed by atoms with E-state index in [1.54, 1.807) is 0 Å². The fourth-order valence-corrected chi connectivity index (χ4v) is 3.37. The van der Waals surface area contributed by atoms with Crippen LogP contribution in [0.5, 0.6) is 0 Å². The topological polar surface area (TPSA) is 78.5 Å². The minimum atomic E-state index is -0.632. The summed E-state index contributed by atoms with van der Waals surface area (Å²) in [4.78, 5) is 22.2. The van der Waals surface area contributed by atoms with Gasteiger partial charge in [-0.05, 0) is 18.1 Å². The average Bonchev–Trinajstić information content (AvgIpc) is 2.64. The lowest BCUT2D eigenvalue weighted by Gasteiger charge is -2.29. The maximum atomic E-state index is 12.6. The second kappa shape index (κ2) is 8.96. The molecule has 3 rings (SSSR count). The predicted octanol–water partition coefficient (Wildman–Crippen LogP) is 1.04. The van der Waals surface area contributed by atoms with Crippen molar-refractivity contribution in [2.24, 2.45) is 0 Å². The molecule has 1 aliphatic rings. The molecule has 0 bridgehead atoms. The molecule has 0 spiro atoms. The van der Waals surface area contributed by atoms with E-state index < -0.39 is 6.10 Å². The molecule has 6 heteroatoms. The first-order valence-corrected chi connectivity index (χ1v) is 9.14. The summed E-state index contributed by atoms with van der Waals surface area (Å²) in [6, 6.07) is 8.11. The molecule has 1 aromatic heterocycles. The summed E-state index contributed by atoms with van der Waals surface area (Å²) in [7, 11) is 0. The van der Waals surface area contributed by atoms with Crippen molar-refractivity contribution in [1.82, 2.24) is 14.9 Å². The average molecular weight is 367 g/mol. The van der Waals surface area contributed by atoms with Crippen molar-refractivity contribution in [2.45, 2.75) is 32.4 Å². The van der Waals surface area contributed by atoms with Gasteiger partial charge in [-0.3, -0.25) is 9.69 Å². The van der Waals surface area contributed by atoms with E-state index in [9.17, 15) is 9.90 Å². The first-order chi connectivity index (χ1) is 13.1. The van der Waals surface area contributed by atoms with Gasteiger partial charge in [-0.25, -0.2) is 4.98 Å². The predicted molar refractivity (Wildman–Crippen MR) is 103 cm³/mol. The SMILES string of the molecule is C#CCOCC(O)CN1CCc2nc(Cc3ccccc3C)[nH]c(=O)c2C1. The van der Waals surface area contributed by atoms with Gasteiger partial charge in [0, 0.05) is 32.5 Å². The molecule has 0 saturated carbocycles. The normalized spacial score (nSPS) is 15.1. The number of hydrogen-bond acceptors (Lipinski definition) is 5. The lowest BCUT2D eigenvalue weighted by molar-refractivity contribution is 0.0248. The van der Waals surface area contributed by atoms with Gasteiger partial charge < -0.3 is 14.8 Å². The summed E-state index contributed by atoms with van der Waals surface area (Å²) in [5.41, 5.74) is 3.80. The summed E-state index contributed by atoms with van der Waals surface area (Å²) < 4.78 is 5.17. The molecule has 0 aliphatic carbocycles. The molecule has 0 amide bonds. The summed E-state index contributed by atoms with van der Waals surface area (Å²) in [6.45, 7) is 4.11. The number of H-pyrrole nitrogens is 1. The van der Waals surface area contributed by atoms with Gasteiger partial charge in [0.05, 0.1) is 24.0 Å². The Morgan fingerprint density at radius 1 is 1.44 bits per heavy atom. The van der Waals surface area contributed by atoms with Crippen molar-refractivity contribution in [3.8, 4) is 12.3 Å². The van der Waals surface area contributed by atoms with Crippen molar-refractivity contribution in [1.29, 1.82) is 0 Å². The van der Waals surface area contributed by atoms with Crippen molar-refractivity contribution in [3.63, 3.8) is 0 Å². The molecular formula is C21H25N3O3.